The van der Waals surface area contributed by atoms with Gasteiger partial charge in [-0.15, -0.1) is 0 Å². The van der Waals surface area contributed by atoms with Crippen molar-refractivity contribution in [1.29, 1.82) is 0 Å². The number of carboxylic acid groups (broad SMARTS) is 4. The third kappa shape index (κ3) is 89.9. The van der Waals surface area contributed by atoms with Gasteiger partial charge in [-0.1, -0.05) is 285 Å². The minimum atomic E-state index is -0.907. The summed E-state index contributed by atoms with van der Waals surface area (Å²) in [7, 11) is 0. The van der Waals surface area contributed by atoms with Crippen LogP contribution in [0.15, 0.2) is 0 Å². The molecule has 0 spiro atoms. The molecule has 0 aliphatic carbocycles. The Hall–Kier alpha value is -1.32. The fourth-order valence-electron chi connectivity index (χ4n) is 7.73. The van der Waals surface area contributed by atoms with Gasteiger partial charge in [-0.25, -0.2) is 0 Å². The molecule has 0 aliphatic rings. The Morgan fingerprint density at radius 3 is 0.385 bits per heavy atom. The number of unbranched alkanes of at least 4 members (excludes halogenated alkanes) is 40. The molecule has 384 valence electrons. The predicted octanol–water partition coefficient (Wildman–Crippen LogP) is 13.4. The van der Waals surface area contributed by atoms with Gasteiger partial charge in [0.2, 0.25) is 0 Å². The molecule has 0 unspecified atom stereocenters. The first kappa shape index (κ1) is 72.7. The van der Waals surface area contributed by atoms with E-state index in [4.69, 9.17) is 0 Å². The number of carboxylic acids is 4. The Bertz CT molecular complexity index is 771. The second kappa shape index (κ2) is 69.3. The van der Waals surface area contributed by atoms with Crippen molar-refractivity contribution in [1.82, 2.24) is 0 Å². The maximum atomic E-state index is 10.1. The van der Waals surface area contributed by atoms with Crippen molar-refractivity contribution in [3.8, 4) is 0 Å². The molecule has 0 atom stereocenters. The Kier molecular flexibility index (Phi) is 77.4. The average molecular weight is 1030 g/mol. The summed E-state index contributed by atoms with van der Waals surface area (Å²) in [5, 5.41) is 40.6. The monoisotopic (exact) mass is 1030 g/mol. The standard InChI is InChI=1S/4C14H28O2.Sn/c4*1-2-3-4-5-6-7-8-9-10-11-12-13-14(15)16;/h4*2-13H2,1H3,(H,15,16);/q;;;;+4/p-4. The van der Waals surface area contributed by atoms with Crippen molar-refractivity contribution in [3.05, 3.63) is 0 Å². The minimum absolute atomic E-state index is 0. The third-order valence-corrected chi connectivity index (χ3v) is 11.9. The summed E-state index contributed by atoms with van der Waals surface area (Å²) in [6.45, 7) is 8.97. The molecule has 0 fully saturated rings. The normalized spacial score (nSPS) is 10.4. The average Bonchev–Trinajstić information content (AvgIpc) is 3.26. The van der Waals surface area contributed by atoms with Gasteiger partial charge in [-0.2, -0.15) is 0 Å². The molecule has 0 aromatic rings. The van der Waals surface area contributed by atoms with Gasteiger partial charge in [0, 0.05) is 23.9 Å². The Morgan fingerprint density at radius 1 is 0.200 bits per heavy atom. The number of aliphatic carboxylic acids is 4. The van der Waals surface area contributed by atoms with Crippen LogP contribution in [-0.2, 0) is 19.2 Å². The van der Waals surface area contributed by atoms with Gasteiger partial charge < -0.3 is 39.6 Å². The van der Waals surface area contributed by atoms with Crippen LogP contribution in [0.3, 0.4) is 0 Å². The topological polar surface area (TPSA) is 161 Å². The third-order valence-electron chi connectivity index (χ3n) is 11.9. The second-order valence-corrected chi connectivity index (χ2v) is 18.6. The summed E-state index contributed by atoms with van der Waals surface area (Å²) in [5.74, 6) is -3.63. The fourth-order valence-corrected chi connectivity index (χ4v) is 7.73. The van der Waals surface area contributed by atoms with E-state index in [2.05, 4.69) is 27.7 Å². The van der Waals surface area contributed by atoms with Gasteiger partial charge in [0.05, 0.1) is 0 Å². The zero-order chi connectivity index (χ0) is 48.3. The van der Waals surface area contributed by atoms with Crippen LogP contribution in [0.4, 0.5) is 0 Å². The van der Waals surface area contributed by atoms with Crippen LogP contribution in [0.1, 0.15) is 336 Å². The molecule has 0 radical (unpaired) electrons. The molecule has 65 heavy (non-hydrogen) atoms. The SMILES string of the molecule is CCCCCCCCCCCCCC(=O)[O-].CCCCCCCCCCCCCC(=O)[O-].CCCCCCCCCCCCCC(=O)[O-].CCCCCCCCCCCCCC(=O)[O-].[Sn+4]. The van der Waals surface area contributed by atoms with Gasteiger partial charge in [0.15, 0.2) is 0 Å². The number of hydrogen-bond acceptors (Lipinski definition) is 8. The zero-order valence-corrected chi connectivity index (χ0v) is 46.6. The largest absolute Gasteiger partial charge is 4.00 e. The van der Waals surface area contributed by atoms with E-state index in [1.165, 1.54) is 231 Å². The van der Waals surface area contributed by atoms with Crippen molar-refractivity contribution in [3.63, 3.8) is 0 Å². The van der Waals surface area contributed by atoms with Gasteiger partial charge in [-0.05, 0) is 51.4 Å². The molecule has 0 saturated heterocycles. The van der Waals surface area contributed by atoms with Crippen LogP contribution in [0.25, 0.3) is 0 Å². The first-order valence-corrected chi connectivity index (χ1v) is 27.9. The zero-order valence-electron chi connectivity index (χ0n) is 43.7. The molecule has 0 bridgehead atoms. The van der Waals surface area contributed by atoms with Crippen molar-refractivity contribution in [2.24, 2.45) is 0 Å². The van der Waals surface area contributed by atoms with Crippen LogP contribution >= 0.6 is 0 Å². The van der Waals surface area contributed by atoms with E-state index in [1.807, 2.05) is 0 Å². The van der Waals surface area contributed by atoms with E-state index in [-0.39, 0.29) is 49.6 Å². The van der Waals surface area contributed by atoms with Crippen molar-refractivity contribution in [2.45, 2.75) is 336 Å². The summed E-state index contributed by atoms with van der Waals surface area (Å²) >= 11 is 0. The number of hydrogen-bond donors (Lipinski definition) is 0. The van der Waals surface area contributed by atoms with Crippen molar-refractivity contribution >= 4 is 47.8 Å². The number of carbonyl (C=O) groups excluding carboxylic acids is 4. The Morgan fingerprint density at radius 2 is 0.292 bits per heavy atom. The molecule has 8 nitrogen and oxygen atoms in total. The van der Waals surface area contributed by atoms with Gasteiger partial charge in [-0.3, -0.25) is 0 Å². The van der Waals surface area contributed by atoms with Crippen LogP contribution < -0.4 is 20.4 Å². The molecule has 0 N–H and O–H groups in total. The molecule has 0 aromatic heterocycles. The van der Waals surface area contributed by atoms with Crippen LogP contribution in [-0.4, -0.2) is 47.8 Å². The van der Waals surface area contributed by atoms with Crippen LogP contribution in [0.5, 0.6) is 0 Å². The van der Waals surface area contributed by atoms with Crippen molar-refractivity contribution in [2.75, 3.05) is 0 Å². The van der Waals surface area contributed by atoms with E-state index in [9.17, 15) is 39.6 Å². The number of carbonyl (C=O) groups is 4. The van der Waals surface area contributed by atoms with Gasteiger partial charge in [0.25, 0.3) is 0 Å². The molecular formula is C56H108O8Sn. The number of rotatable bonds is 48. The minimum Gasteiger partial charge on any atom is -0.550 e. The van der Waals surface area contributed by atoms with E-state index in [0.29, 0.717) is 0 Å². The van der Waals surface area contributed by atoms with E-state index < -0.39 is 23.9 Å². The molecule has 0 aliphatic heterocycles. The quantitative estimate of drug-likeness (QED) is 0.0430. The molecule has 0 heterocycles. The van der Waals surface area contributed by atoms with Crippen LogP contribution in [0.2, 0.25) is 0 Å². The fraction of sp³-hybridized carbons (Fsp3) is 0.929. The summed E-state index contributed by atoms with van der Waals surface area (Å²) in [6.07, 6.45) is 56.1. The summed E-state index contributed by atoms with van der Waals surface area (Å²) < 4.78 is 0. The first-order valence-electron chi connectivity index (χ1n) is 27.9. The maximum Gasteiger partial charge on any atom is 4.00 e. The summed E-state index contributed by atoms with van der Waals surface area (Å²) in [4.78, 5) is 40.6. The maximum absolute atomic E-state index is 10.1. The molecule has 0 rings (SSSR count). The second-order valence-electron chi connectivity index (χ2n) is 18.6. The summed E-state index contributed by atoms with van der Waals surface area (Å²) in [5.41, 5.74) is 0. The predicted molar refractivity (Wildman–Crippen MR) is 270 cm³/mol. The Labute approximate surface area is 421 Å². The molecule has 0 amide bonds. The molecule has 0 aromatic carbocycles. The smallest absolute Gasteiger partial charge is 0.550 e. The van der Waals surface area contributed by atoms with Crippen LogP contribution in [0, 0.1) is 0 Å². The summed E-state index contributed by atoms with van der Waals surface area (Å²) in [6, 6.07) is 0. The van der Waals surface area contributed by atoms with Gasteiger partial charge in [0.1, 0.15) is 0 Å². The van der Waals surface area contributed by atoms with E-state index in [1.54, 1.807) is 0 Å². The van der Waals surface area contributed by atoms with Gasteiger partial charge >= 0.3 is 23.9 Å². The van der Waals surface area contributed by atoms with E-state index >= 15 is 0 Å². The van der Waals surface area contributed by atoms with E-state index in [0.717, 1.165) is 51.4 Å². The van der Waals surface area contributed by atoms with Crippen molar-refractivity contribution < 1.29 is 39.6 Å². The first-order chi connectivity index (χ1) is 31.1. The Balaban J connectivity index is -0.000000245. The molecule has 0 saturated carbocycles. The molecule has 9 heteroatoms. The molecular weight excluding hydrogens is 919 g/mol.